The Balaban J connectivity index is 2.07. The lowest BCUT2D eigenvalue weighted by Gasteiger charge is -2.26. The van der Waals surface area contributed by atoms with Crippen LogP contribution in [0.1, 0.15) is 25.8 Å². The van der Waals surface area contributed by atoms with Crippen molar-refractivity contribution in [1.82, 2.24) is 10.1 Å². The Hall–Kier alpha value is -1.55. The number of hydrogen-bond donors (Lipinski definition) is 0. The Kier molecular flexibility index (Phi) is 3.87. The number of nitrogens with zero attached hydrogens (tertiary/aromatic N) is 2. The first-order valence-electron chi connectivity index (χ1n) is 5.80. The molecule has 0 fully saturated rings. The minimum atomic E-state index is 0.00289. The van der Waals surface area contributed by atoms with E-state index in [4.69, 9.17) is 16.1 Å². The van der Waals surface area contributed by atoms with Crippen LogP contribution in [-0.2, 0) is 4.79 Å². The summed E-state index contributed by atoms with van der Waals surface area (Å²) in [6.45, 7) is 4.78. The average Bonchev–Trinajstić information content (AvgIpc) is 2.91. The zero-order valence-corrected chi connectivity index (χ0v) is 11.2. The summed E-state index contributed by atoms with van der Waals surface area (Å²) in [5, 5.41) is 4.23. The zero-order valence-electron chi connectivity index (χ0n) is 10.4. The summed E-state index contributed by atoms with van der Waals surface area (Å²) in [6, 6.07) is 0. The summed E-state index contributed by atoms with van der Waals surface area (Å²) in [4.78, 5) is 13.8. The van der Waals surface area contributed by atoms with Crippen LogP contribution < -0.4 is 0 Å². The second-order valence-electron chi connectivity index (χ2n) is 4.30. The van der Waals surface area contributed by atoms with E-state index in [-0.39, 0.29) is 5.91 Å². The lowest BCUT2D eigenvalue weighted by Crippen LogP contribution is -2.35. The Morgan fingerprint density at radius 2 is 2.28 bits per heavy atom. The van der Waals surface area contributed by atoms with E-state index in [0.29, 0.717) is 23.7 Å². The zero-order chi connectivity index (χ0) is 13.1. The van der Waals surface area contributed by atoms with Gasteiger partial charge in [0.05, 0.1) is 6.20 Å². The van der Waals surface area contributed by atoms with E-state index in [9.17, 15) is 4.79 Å². The van der Waals surface area contributed by atoms with Crippen LogP contribution in [0, 0.1) is 0 Å². The SMILES string of the molecule is C/C(Cl)=C(\C)C(=O)N1CC=C(c2cnoc2)CC1. The van der Waals surface area contributed by atoms with Gasteiger partial charge in [0, 0.05) is 29.3 Å². The molecule has 0 saturated heterocycles. The highest BCUT2D eigenvalue weighted by molar-refractivity contribution is 6.31. The van der Waals surface area contributed by atoms with E-state index in [2.05, 4.69) is 5.16 Å². The van der Waals surface area contributed by atoms with Crippen LogP contribution in [0.2, 0.25) is 0 Å². The van der Waals surface area contributed by atoms with Crippen LogP contribution in [0.4, 0.5) is 0 Å². The van der Waals surface area contributed by atoms with Gasteiger partial charge in [-0.25, -0.2) is 0 Å². The summed E-state index contributed by atoms with van der Waals surface area (Å²) < 4.78 is 4.82. The molecule has 0 aromatic carbocycles. The fourth-order valence-electron chi connectivity index (χ4n) is 1.86. The van der Waals surface area contributed by atoms with Gasteiger partial charge in [-0.2, -0.15) is 0 Å². The van der Waals surface area contributed by atoms with Crippen molar-refractivity contribution < 1.29 is 9.32 Å². The average molecular weight is 267 g/mol. The molecule has 4 nitrogen and oxygen atoms in total. The molecule has 1 amide bonds. The van der Waals surface area contributed by atoms with Crippen molar-refractivity contribution in [2.24, 2.45) is 0 Å². The number of amides is 1. The first kappa shape index (κ1) is 12.9. The molecule has 0 saturated carbocycles. The molecular formula is C13H15ClN2O2. The van der Waals surface area contributed by atoms with Gasteiger partial charge in [-0.1, -0.05) is 22.8 Å². The van der Waals surface area contributed by atoms with Crippen molar-refractivity contribution >= 4 is 23.1 Å². The molecule has 1 aliphatic heterocycles. The van der Waals surface area contributed by atoms with Crippen molar-refractivity contribution in [3.63, 3.8) is 0 Å². The van der Waals surface area contributed by atoms with Gasteiger partial charge in [-0.05, 0) is 25.8 Å². The number of carbonyl (C=O) groups is 1. The van der Waals surface area contributed by atoms with Gasteiger partial charge in [0.2, 0.25) is 0 Å². The quantitative estimate of drug-likeness (QED) is 0.774. The fraction of sp³-hybridized carbons (Fsp3) is 0.385. The topological polar surface area (TPSA) is 46.3 Å². The van der Waals surface area contributed by atoms with Crippen molar-refractivity contribution in [1.29, 1.82) is 0 Å². The van der Waals surface area contributed by atoms with Crippen molar-refractivity contribution in [3.8, 4) is 0 Å². The molecule has 0 unspecified atom stereocenters. The fourth-order valence-corrected chi connectivity index (χ4v) is 1.94. The van der Waals surface area contributed by atoms with Crippen LogP contribution in [-0.4, -0.2) is 29.1 Å². The molecular weight excluding hydrogens is 252 g/mol. The highest BCUT2D eigenvalue weighted by Crippen LogP contribution is 2.23. The third-order valence-corrected chi connectivity index (χ3v) is 3.42. The van der Waals surface area contributed by atoms with Gasteiger partial charge < -0.3 is 9.42 Å². The normalized spacial score (nSPS) is 17.3. The standard InChI is InChI=1S/C13H15ClN2O2/c1-9(10(2)14)13(17)16-5-3-11(4-6-16)12-7-15-18-8-12/h3,7-8H,4-6H2,1-2H3/b10-9-. The maximum atomic E-state index is 12.1. The molecule has 0 bridgehead atoms. The van der Waals surface area contributed by atoms with Crippen LogP contribution in [0.3, 0.4) is 0 Å². The number of hydrogen-bond acceptors (Lipinski definition) is 3. The summed E-state index contributed by atoms with van der Waals surface area (Å²) in [6.07, 6.45) is 6.15. The van der Waals surface area contributed by atoms with E-state index in [0.717, 1.165) is 12.0 Å². The molecule has 0 spiro atoms. The molecule has 18 heavy (non-hydrogen) atoms. The molecule has 2 rings (SSSR count). The Morgan fingerprint density at radius 1 is 1.50 bits per heavy atom. The van der Waals surface area contributed by atoms with Crippen LogP contribution in [0.5, 0.6) is 0 Å². The van der Waals surface area contributed by atoms with Crippen LogP contribution in [0.15, 0.2) is 33.7 Å². The predicted octanol–water partition coefficient (Wildman–Crippen LogP) is 2.82. The predicted molar refractivity (Wildman–Crippen MR) is 69.9 cm³/mol. The third-order valence-electron chi connectivity index (χ3n) is 3.14. The van der Waals surface area contributed by atoms with Crippen molar-refractivity contribution in [2.45, 2.75) is 20.3 Å². The summed E-state index contributed by atoms with van der Waals surface area (Å²) in [7, 11) is 0. The molecule has 0 N–H and O–H groups in total. The minimum absolute atomic E-state index is 0.00289. The second-order valence-corrected chi connectivity index (χ2v) is 4.87. The summed E-state index contributed by atoms with van der Waals surface area (Å²) in [5.41, 5.74) is 2.77. The lowest BCUT2D eigenvalue weighted by atomic mass is 10.0. The largest absolute Gasteiger partial charge is 0.364 e. The smallest absolute Gasteiger partial charge is 0.250 e. The highest BCUT2D eigenvalue weighted by atomic mass is 35.5. The molecule has 1 aliphatic rings. The van der Waals surface area contributed by atoms with E-state index >= 15 is 0 Å². The van der Waals surface area contributed by atoms with E-state index in [1.165, 1.54) is 5.57 Å². The van der Waals surface area contributed by atoms with Gasteiger partial charge in [0.1, 0.15) is 6.26 Å². The Bertz CT molecular complexity index is 499. The summed E-state index contributed by atoms with van der Waals surface area (Å²) in [5.74, 6) is 0.00289. The highest BCUT2D eigenvalue weighted by Gasteiger charge is 2.20. The van der Waals surface area contributed by atoms with Gasteiger partial charge in [-0.15, -0.1) is 0 Å². The molecule has 0 aliphatic carbocycles. The first-order chi connectivity index (χ1) is 8.59. The lowest BCUT2D eigenvalue weighted by molar-refractivity contribution is -0.126. The second kappa shape index (κ2) is 5.40. The van der Waals surface area contributed by atoms with E-state index in [1.54, 1.807) is 31.2 Å². The van der Waals surface area contributed by atoms with Gasteiger partial charge in [0.15, 0.2) is 0 Å². The van der Waals surface area contributed by atoms with Crippen LogP contribution >= 0.6 is 11.6 Å². The number of carbonyl (C=O) groups excluding carboxylic acids is 1. The van der Waals surface area contributed by atoms with Gasteiger partial charge in [0.25, 0.3) is 5.91 Å². The molecule has 1 aromatic rings. The maximum Gasteiger partial charge on any atom is 0.250 e. The third kappa shape index (κ3) is 2.64. The summed E-state index contributed by atoms with van der Waals surface area (Å²) >= 11 is 5.85. The van der Waals surface area contributed by atoms with Gasteiger partial charge >= 0.3 is 0 Å². The van der Waals surface area contributed by atoms with Crippen molar-refractivity contribution in [2.75, 3.05) is 13.1 Å². The molecule has 0 atom stereocenters. The Labute approximate surface area is 111 Å². The number of rotatable bonds is 2. The van der Waals surface area contributed by atoms with Crippen LogP contribution in [0.25, 0.3) is 5.57 Å². The molecule has 96 valence electrons. The molecule has 2 heterocycles. The van der Waals surface area contributed by atoms with E-state index < -0.39 is 0 Å². The Morgan fingerprint density at radius 3 is 2.78 bits per heavy atom. The maximum absolute atomic E-state index is 12.1. The van der Waals surface area contributed by atoms with E-state index in [1.807, 2.05) is 6.08 Å². The van der Waals surface area contributed by atoms with Gasteiger partial charge in [-0.3, -0.25) is 4.79 Å². The molecule has 0 radical (unpaired) electrons. The monoisotopic (exact) mass is 266 g/mol. The number of aromatic nitrogens is 1. The first-order valence-corrected chi connectivity index (χ1v) is 6.18. The number of halogens is 1. The molecule has 1 aromatic heterocycles. The van der Waals surface area contributed by atoms with Crippen molar-refractivity contribution in [3.05, 3.63) is 34.7 Å². The number of allylic oxidation sites excluding steroid dienone is 1. The molecule has 5 heteroatoms. The minimum Gasteiger partial charge on any atom is -0.364 e.